The van der Waals surface area contributed by atoms with Gasteiger partial charge in [-0.15, -0.1) is 0 Å². The lowest BCUT2D eigenvalue weighted by molar-refractivity contribution is -0.398. The zero-order valence-electron chi connectivity index (χ0n) is 49.1. The molecule has 29 heteroatoms. The average molecular weight is 1250 g/mol. The third kappa shape index (κ3) is 13.5. The molecule has 9 rings (SSSR count). The molecule has 4 aliphatic carbocycles. The smallest absolute Gasteiger partial charge is 0.394 e. The molecule has 0 aromatic heterocycles. The summed E-state index contributed by atoms with van der Waals surface area (Å²) in [6, 6.07) is 0. The van der Waals surface area contributed by atoms with Crippen molar-refractivity contribution in [3.05, 3.63) is 11.6 Å². The van der Waals surface area contributed by atoms with Crippen LogP contribution in [-0.2, 0) is 66.7 Å². The molecule has 5 aliphatic heterocycles. The average Bonchev–Trinajstić information content (AvgIpc) is 1.71. The van der Waals surface area contributed by atoms with Crippen molar-refractivity contribution in [3.8, 4) is 0 Å². The number of carbonyl (C=O) groups excluding carboxylic acids is 1. The van der Waals surface area contributed by atoms with Crippen LogP contribution in [0.25, 0.3) is 0 Å². The molecule has 0 bridgehead atoms. The van der Waals surface area contributed by atoms with Crippen LogP contribution in [0.3, 0.4) is 0 Å². The number of aliphatic hydroxyl groups excluding tert-OH is 12. The van der Waals surface area contributed by atoms with Crippen LogP contribution in [0.1, 0.15) is 113 Å². The Labute approximate surface area is 494 Å². The van der Waals surface area contributed by atoms with E-state index in [4.69, 9.17) is 51.6 Å². The Bertz CT molecular complexity index is 2420. The normalized spacial score (nSPS) is 51.3. The van der Waals surface area contributed by atoms with Gasteiger partial charge in [-0.25, -0.2) is 4.18 Å². The van der Waals surface area contributed by atoms with Gasteiger partial charge in [0.15, 0.2) is 31.5 Å². The highest BCUT2D eigenvalue weighted by atomic mass is 32.3. The minimum Gasteiger partial charge on any atom is -0.394 e. The van der Waals surface area contributed by atoms with Crippen molar-refractivity contribution in [1.29, 1.82) is 0 Å². The number of hydrogen-bond donors (Lipinski definition) is 14. The first-order valence-corrected chi connectivity index (χ1v) is 31.3. The van der Waals surface area contributed by atoms with Gasteiger partial charge in [0.05, 0.1) is 49.3 Å². The van der Waals surface area contributed by atoms with Crippen LogP contribution in [0.15, 0.2) is 11.6 Å². The van der Waals surface area contributed by atoms with E-state index >= 15 is 0 Å². The fourth-order valence-corrected chi connectivity index (χ4v) is 16.3. The molecular formula is C56H92O28S. The molecule has 0 spiro atoms. The third-order valence-corrected chi connectivity index (χ3v) is 20.8. The molecule has 0 amide bonds. The summed E-state index contributed by atoms with van der Waals surface area (Å²) < 4.78 is 100. The summed E-state index contributed by atoms with van der Waals surface area (Å²) in [6.45, 7) is 12.6. The minimum atomic E-state index is -4.88. The predicted molar refractivity (Wildman–Crippen MR) is 286 cm³/mol. The molecule has 9 aliphatic rings. The second-order valence-electron chi connectivity index (χ2n) is 26.7. The van der Waals surface area contributed by atoms with Gasteiger partial charge in [0.2, 0.25) is 0 Å². The first kappa shape index (κ1) is 67.7. The molecule has 0 aromatic rings. The zero-order chi connectivity index (χ0) is 62.3. The van der Waals surface area contributed by atoms with Gasteiger partial charge in [-0.2, -0.15) is 8.42 Å². The van der Waals surface area contributed by atoms with E-state index in [1.165, 1.54) is 20.8 Å². The number of ether oxygens (including phenoxy) is 10. The Hall–Kier alpha value is -1.64. The van der Waals surface area contributed by atoms with E-state index in [0.29, 0.717) is 32.1 Å². The molecule has 85 heavy (non-hydrogen) atoms. The second-order valence-corrected chi connectivity index (χ2v) is 27.7. The monoisotopic (exact) mass is 1240 g/mol. The number of carbonyl (C=O) groups is 1. The number of ketones is 1. The molecule has 8 fully saturated rings. The molecular weight excluding hydrogens is 1150 g/mol. The maximum absolute atomic E-state index is 13.2. The third-order valence-electron chi connectivity index (χ3n) is 20.3. The Balaban J connectivity index is 0.982. The number of hydrogen-bond acceptors (Lipinski definition) is 27. The van der Waals surface area contributed by atoms with E-state index in [0.717, 1.165) is 12.0 Å². The van der Waals surface area contributed by atoms with Crippen molar-refractivity contribution in [1.82, 2.24) is 0 Å². The Kier molecular flexibility index (Phi) is 20.8. The Morgan fingerprint density at radius 1 is 0.647 bits per heavy atom. The molecule has 5 heterocycles. The summed E-state index contributed by atoms with van der Waals surface area (Å²) in [5, 5.41) is 145. The van der Waals surface area contributed by atoms with Gasteiger partial charge < -0.3 is 114 Å². The van der Waals surface area contributed by atoms with E-state index in [2.05, 4.69) is 19.9 Å². The largest absolute Gasteiger partial charge is 0.397 e. The summed E-state index contributed by atoms with van der Waals surface area (Å²) in [5.74, 6) is -0.799. The van der Waals surface area contributed by atoms with Crippen LogP contribution >= 0.6 is 0 Å². The van der Waals surface area contributed by atoms with E-state index in [-0.39, 0.29) is 48.7 Å². The quantitative estimate of drug-likeness (QED) is 0.0491. The van der Waals surface area contributed by atoms with Crippen LogP contribution in [-0.4, -0.2) is 264 Å². The molecule has 14 N–H and O–H groups in total. The van der Waals surface area contributed by atoms with Crippen LogP contribution in [0.5, 0.6) is 0 Å². The number of fused-ring (bicyclic) bond motifs is 5. The van der Waals surface area contributed by atoms with Crippen LogP contribution in [0.2, 0.25) is 0 Å². The van der Waals surface area contributed by atoms with Crippen molar-refractivity contribution < 1.29 is 136 Å². The Morgan fingerprint density at radius 3 is 1.78 bits per heavy atom. The number of Topliss-reactive ketones (excluding diaryl/α,β-unsaturated/α-hetero) is 1. The minimum absolute atomic E-state index is 0.00462. The topological polar surface area (TPSA) is 436 Å². The van der Waals surface area contributed by atoms with Crippen molar-refractivity contribution in [2.75, 3.05) is 13.2 Å². The van der Waals surface area contributed by atoms with Crippen LogP contribution < -0.4 is 0 Å². The highest BCUT2D eigenvalue weighted by Gasteiger charge is 2.64. The molecule has 0 radical (unpaired) electrons. The maximum atomic E-state index is 13.2. The van der Waals surface area contributed by atoms with E-state index in [9.17, 15) is 84.1 Å². The molecule has 5 saturated heterocycles. The zero-order valence-corrected chi connectivity index (χ0v) is 50.0. The first-order valence-electron chi connectivity index (χ1n) is 29.9. The molecule has 33 atom stereocenters. The van der Waals surface area contributed by atoms with E-state index in [1.807, 2.05) is 13.8 Å². The molecule has 0 unspecified atom stereocenters. The lowest BCUT2D eigenvalue weighted by atomic mass is 9.47. The van der Waals surface area contributed by atoms with Gasteiger partial charge in [0.1, 0.15) is 103 Å². The van der Waals surface area contributed by atoms with Crippen molar-refractivity contribution >= 4 is 16.2 Å². The van der Waals surface area contributed by atoms with E-state index in [1.54, 1.807) is 6.92 Å². The molecule has 490 valence electrons. The van der Waals surface area contributed by atoms with Crippen LogP contribution in [0, 0.1) is 40.4 Å². The molecule has 3 saturated carbocycles. The molecule has 28 nitrogen and oxygen atoms in total. The summed E-state index contributed by atoms with van der Waals surface area (Å²) in [6.07, 6.45) is -37.1. The maximum Gasteiger partial charge on any atom is 0.397 e. The number of rotatable bonds is 18. The summed E-state index contributed by atoms with van der Waals surface area (Å²) in [4.78, 5) is 13.2. The number of allylic oxidation sites excluding steroid dienone is 2. The van der Waals surface area contributed by atoms with Gasteiger partial charge >= 0.3 is 10.4 Å². The Morgan fingerprint density at radius 2 is 1.20 bits per heavy atom. The predicted octanol–water partition coefficient (Wildman–Crippen LogP) is -2.68. The van der Waals surface area contributed by atoms with Gasteiger partial charge in [0, 0.05) is 12.8 Å². The van der Waals surface area contributed by atoms with Gasteiger partial charge in [-0.05, 0) is 113 Å². The molecule has 0 aromatic carbocycles. The van der Waals surface area contributed by atoms with E-state index < -0.39 is 206 Å². The van der Waals surface area contributed by atoms with Gasteiger partial charge in [-0.3, -0.25) is 9.35 Å². The summed E-state index contributed by atoms with van der Waals surface area (Å²) in [5.41, 5.74) is -1.26. The first-order chi connectivity index (χ1) is 39.7. The standard InChI is InChI=1S/C56H92O28S/c1-21(2)15-25(58)18-56(8,70)34-10-9-28-27-17-31(30-16-26(84-85(71,72)73)11-13-54(30,6)29(27)12-14-55(28,34)7)78-51-45(69)46(37(61)24(5)77-51)81-52-47(82-49-43(67)40(64)35(59)22(3)75-49)39(63)33(20-74-52)80-53-48(42(66)38(62)32(19-57)79-53)83-50-44(68)41(65)36(60)23(4)76-50/h12,21-24,26-28,30-53,57,59-70H,9-11,13-20H2,1-8H3,(H,71,72,73)/t22-,23-,24-,26+,27+,28+,30-,31+,32-,33-,34+,35-,36+,37-,38-,39+,40+,41+,42+,43-,44-,45-,46+,47-,48-,49+,50+,51+,52+,53+,54-,55+,56+/m1/s1. The second kappa shape index (κ2) is 26.2. The number of aliphatic hydroxyl groups is 13. The van der Waals surface area contributed by atoms with Gasteiger partial charge in [0.25, 0.3) is 0 Å². The van der Waals surface area contributed by atoms with Crippen molar-refractivity contribution in [2.45, 2.75) is 278 Å². The fraction of sp³-hybridized carbons (Fsp3) is 0.946. The lowest BCUT2D eigenvalue weighted by Gasteiger charge is -2.60. The van der Waals surface area contributed by atoms with Crippen LogP contribution in [0.4, 0.5) is 0 Å². The van der Waals surface area contributed by atoms with Crippen molar-refractivity contribution in [2.24, 2.45) is 40.4 Å². The lowest BCUT2D eigenvalue weighted by Crippen LogP contribution is -2.67. The fourth-order valence-electron chi connectivity index (χ4n) is 15.8. The highest BCUT2D eigenvalue weighted by Crippen LogP contribution is 2.67. The van der Waals surface area contributed by atoms with Crippen molar-refractivity contribution in [3.63, 3.8) is 0 Å². The highest BCUT2D eigenvalue weighted by molar-refractivity contribution is 7.80. The summed E-state index contributed by atoms with van der Waals surface area (Å²) >= 11 is 0. The van der Waals surface area contributed by atoms with Gasteiger partial charge in [-0.1, -0.05) is 39.3 Å². The SMILES string of the molecule is CC(C)CC(=O)C[C@](C)(O)[C@H]1CC[C@H]2[C@@H]3C[C@H](O[C@@H]4O[C@H](C)[C@@H](O)[C@H](O[C@@H]5OC[C@@H](O[C@@H]6O[C@H](CO)[C@@H](O)[C@H](O)[C@H]6O[C@@H]6O[C@H](C)[C@H](O)[C@H](O)[C@H]6O)[C@H](O)[C@H]5O[C@@H]5O[C@H](C)[C@@H](O)[C@H](O)[C@H]5O)[C@H]4O)[C@H]4C[C@@H](OS(=O)(=O)O)CC[C@]4(C)C3=CC[C@@]21C. The summed E-state index contributed by atoms with van der Waals surface area (Å²) in [7, 11) is -4.88.